The molecule has 0 saturated carbocycles. The number of hydrogen-bond donors (Lipinski definition) is 6. The van der Waals surface area contributed by atoms with Crippen LogP contribution in [0.25, 0.3) is 0 Å². The van der Waals surface area contributed by atoms with Crippen molar-refractivity contribution in [1.82, 2.24) is 15.2 Å². The first-order chi connectivity index (χ1) is 6.93. The molecule has 0 amide bonds. The van der Waals surface area contributed by atoms with Crippen LogP contribution in [0.4, 0.5) is 0 Å². The van der Waals surface area contributed by atoms with E-state index in [1.54, 1.807) is 42.3 Å². The Balaban J connectivity index is -0.0000000600. The van der Waals surface area contributed by atoms with Gasteiger partial charge in [-0.3, -0.25) is 0 Å². The van der Waals surface area contributed by atoms with Crippen LogP contribution < -0.4 is 0 Å². The van der Waals surface area contributed by atoms with Crippen molar-refractivity contribution in [2.45, 2.75) is 0 Å². The Morgan fingerprint density at radius 3 is 0.562 bits per heavy atom. The third-order valence-electron chi connectivity index (χ3n) is 0. The zero-order chi connectivity index (χ0) is 14.3. The number of nitrogens with zero attached hydrogens (tertiary/aromatic N) is 3. The SMILES string of the molecule is CN(C)O.CN(C)O.CN(C)O.OP(O)O. The molecule has 0 bridgehead atoms. The van der Waals surface area contributed by atoms with Crippen LogP contribution in [0.2, 0.25) is 0 Å². The molecule has 0 heterocycles. The summed E-state index contributed by atoms with van der Waals surface area (Å²) in [5.74, 6) is 0. The third kappa shape index (κ3) is 491000. The quantitative estimate of drug-likeness (QED) is 0.241. The van der Waals surface area contributed by atoms with Crippen LogP contribution in [0.5, 0.6) is 0 Å². The van der Waals surface area contributed by atoms with Gasteiger partial charge in [-0.1, -0.05) is 0 Å². The lowest BCUT2D eigenvalue weighted by Gasteiger charge is -1.89. The highest BCUT2D eigenvalue weighted by Gasteiger charge is 1.76. The van der Waals surface area contributed by atoms with Gasteiger partial charge < -0.3 is 30.3 Å². The normalized spacial score (nSPS) is 9.00. The lowest BCUT2D eigenvalue weighted by Crippen LogP contribution is -2.01. The van der Waals surface area contributed by atoms with Gasteiger partial charge in [-0.2, -0.15) is 15.2 Å². The van der Waals surface area contributed by atoms with E-state index in [1.165, 1.54) is 0 Å². The summed E-state index contributed by atoms with van der Waals surface area (Å²) in [5, 5.41) is 26.7. The summed E-state index contributed by atoms with van der Waals surface area (Å²) < 4.78 is 0. The number of rotatable bonds is 0. The molecule has 10 heteroatoms. The van der Waals surface area contributed by atoms with E-state index in [-0.39, 0.29) is 0 Å². The molecular weight excluding hydrogens is 241 g/mol. The lowest BCUT2D eigenvalue weighted by atomic mass is 11.2. The van der Waals surface area contributed by atoms with Gasteiger partial charge in [-0.05, 0) is 0 Å². The Morgan fingerprint density at radius 2 is 0.562 bits per heavy atom. The second-order valence-electron chi connectivity index (χ2n) is 2.81. The van der Waals surface area contributed by atoms with Crippen LogP contribution in [-0.2, 0) is 0 Å². The predicted octanol–water partition coefficient (Wildman–Crippen LogP) is -0.998. The van der Waals surface area contributed by atoms with Gasteiger partial charge in [0.25, 0.3) is 0 Å². The molecule has 0 atom stereocenters. The molecule has 0 aromatic heterocycles. The highest BCUT2D eigenvalue weighted by molar-refractivity contribution is 7.38. The Morgan fingerprint density at radius 1 is 0.562 bits per heavy atom. The summed E-state index contributed by atoms with van der Waals surface area (Å²) in [6.45, 7) is 0. The highest BCUT2D eigenvalue weighted by atomic mass is 31.2. The molecule has 0 aliphatic rings. The van der Waals surface area contributed by atoms with Crippen molar-refractivity contribution in [3.63, 3.8) is 0 Å². The smallest absolute Gasteiger partial charge is 0.324 e. The minimum atomic E-state index is -2.62. The molecule has 0 aliphatic carbocycles. The first-order valence-electron chi connectivity index (χ1n) is 3.88. The van der Waals surface area contributed by atoms with Crippen LogP contribution in [0.3, 0.4) is 0 Å². The third-order valence-corrected chi connectivity index (χ3v) is 0. The molecule has 0 unspecified atom stereocenters. The maximum absolute atomic E-state index is 7.89. The summed E-state index contributed by atoms with van der Waals surface area (Å²) in [7, 11) is 6.71. The first kappa shape index (κ1) is 25.1. The molecule has 0 saturated heterocycles. The fourth-order valence-corrected chi connectivity index (χ4v) is 0. The van der Waals surface area contributed by atoms with Crippen molar-refractivity contribution in [2.24, 2.45) is 0 Å². The van der Waals surface area contributed by atoms with Gasteiger partial charge in [-0.15, -0.1) is 0 Å². The minimum Gasteiger partial charge on any atom is -0.328 e. The zero-order valence-corrected chi connectivity index (χ0v) is 11.4. The summed E-state index contributed by atoms with van der Waals surface area (Å²) in [6, 6.07) is 0. The average molecular weight is 265 g/mol. The molecule has 0 rings (SSSR count). The van der Waals surface area contributed by atoms with Crippen molar-refractivity contribution >= 4 is 8.60 Å². The van der Waals surface area contributed by atoms with Crippen LogP contribution in [0.15, 0.2) is 0 Å². The molecule has 16 heavy (non-hydrogen) atoms. The van der Waals surface area contributed by atoms with Gasteiger partial charge in [-0.25, -0.2) is 0 Å². The van der Waals surface area contributed by atoms with Crippen LogP contribution in [-0.4, -0.2) is 87.8 Å². The second-order valence-corrected chi connectivity index (χ2v) is 3.35. The van der Waals surface area contributed by atoms with Gasteiger partial charge in [0, 0.05) is 42.3 Å². The summed E-state index contributed by atoms with van der Waals surface area (Å²) in [6.07, 6.45) is 0. The van der Waals surface area contributed by atoms with Gasteiger partial charge in [0.1, 0.15) is 0 Å². The Kier molecular flexibility index (Phi) is 32.1. The molecular formula is C6H24N3O6P. The van der Waals surface area contributed by atoms with E-state index in [4.69, 9.17) is 30.3 Å². The van der Waals surface area contributed by atoms with E-state index in [2.05, 4.69) is 0 Å². The van der Waals surface area contributed by atoms with Crippen molar-refractivity contribution < 1.29 is 30.3 Å². The Labute approximate surface area is 97.2 Å². The summed E-state index contributed by atoms with van der Waals surface area (Å²) in [5.41, 5.74) is 0. The van der Waals surface area contributed by atoms with Crippen molar-refractivity contribution in [2.75, 3.05) is 42.3 Å². The van der Waals surface area contributed by atoms with Crippen LogP contribution in [0.1, 0.15) is 0 Å². The molecule has 0 aromatic rings. The molecule has 0 fully saturated rings. The lowest BCUT2D eigenvalue weighted by molar-refractivity contribution is -0.0375. The van der Waals surface area contributed by atoms with E-state index in [0.29, 0.717) is 0 Å². The fraction of sp³-hybridized carbons (Fsp3) is 1.00. The van der Waals surface area contributed by atoms with E-state index < -0.39 is 8.60 Å². The van der Waals surface area contributed by atoms with Gasteiger partial charge in [0.2, 0.25) is 0 Å². The second kappa shape index (κ2) is 20.5. The molecule has 0 radical (unpaired) electrons. The van der Waals surface area contributed by atoms with Crippen LogP contribution in [0, 0.1) is 0 Å². The van der Waals surface area contributed by atoms with Gasteiger partial charge >= 0.3 is 8.60 Å². The van der Waals surface area contributed by atoms with E-state index >= 15 is 0 Å². The summed E-state index contributed by atoms with van der Waals surface area (Å²) >= 11 is 0. The molecule has 104 valence electrons. The Bertz CT molecular complexity index is 71.2. The largest absolute Gasteiger partial charge is 0.328 e. The number of hydrogen-bond acceptors (Lipinski definition) is 9. The highest BCUT2D eigenvalue weighted by Crippen LogP contribution is 2.11. The molecule has 0 aliphatic heterocycles. The monoisotopic (exact) mass is 265 g/mol. The Hall–Kier alpha value is 0.0700. The topological polar surface area (TPSA) is 131 Å². The number of hydroxylamine groups is 6. The van der Waals surface area contributed by atoms with Crippen molar-refractivity contribution in [1.29, 1.82) is 0 Å². The molecule has 6 N–H and O–H groups in total. The molecule has 0 aromatic carbocycles. The molecule has 0 spiro atoms. The van der Waals surface area contributed by atoms with Gasteiger partial charge in [0.05, 0.1) is 0 Å². The predicted molar refractivity (Wildman–Crippen MR) is 60.0 cm³/mol. The van der Waals surface area contributed by atoms with E-state index in [9.17, 15) is 0 Å². The first-order valence-corrected chi connectivity index (χ1v) is 5.08. The van der Waals surface area contributed by atoms with Crippen molar-refractivity contribution in [3.05, 3.63) is 0 Å². The molecule has 9 nitrogen and oxygen atoms in total. The fourth-order valence-electron chi connectivity index (χ4n) is 0. The maximum atomic E-state index is 7.89. The summed E-state index contributed by atoms with van der Waals surface area (Å²) in [4.78, 5) is 21.7. The minimum absolute atomic E-state index is 1.00. The van der Waals surface area contributed by atoms with E-state index in [1.807, 2.05) is 0 Å². The van der Waals surface area contributed by atoms with Gasteiger partial charge in [0.15, 0.2) is 0 Å². The average Bonchev–Trinajstić information content (AvgIpc) is 1.76. The zero-order valence-electron chi connectivity index (χ0n) is 10.5. The van der Waals surface area contributed by atoms with E-state index in [0.717, 1.165) is 15.2 Å². The maximum Gasteiger partial charge on any atom is 0.324 e. The standard InChI is InChI=1S/3C2H7NO.H3O3P/c3*1-3(2)4;1-4(2)3/h3*4H,1-2H3;1-3H. The van der Waals surface area contributed by atoms with Crippen molar-refractivity contribution in [3.8, 4) is 0 Å². The van der Waals surface area contributed by atoms with Crippen LogP contribution >= 0.6 is 8.60 Å².